The Balaban J connectivity index is 1.60. The Bertz CT molecular complexity index is 1530. The van der Waals surface area contributed by atoms with Gasteiger partial charge in [0.1, 0.15) is 11.5 Å². The maximum Gasteiger partial charge on any atom is 0.252 e. The van der Waals surface area contributed by atoms with Gasteiger partial charge in [-0.1, -0.05) is 41.5 Å². The molecule has 1 amide bonds. The maximum atomic E-state index is 14.6. The number of benzene rings is 3. The van der Waals surface area contributed by atoms with Gasteiger partial charge in [-0.05, 0) is 84.3 Å². The third kappa shape index (κ3) is 7.57. The molecule has 2 aliphatic rings. The van der Waals surface area contributed by atoms with Crippen LogP contribution >= 0.6 is 0 Å². The van der Waals surface area contributed by atoms with Crippen LogP contribution in [-0.2, 0) is 22.5 Å². The number of aliphatic hydroxyl groups is 2. The highest BCUT2D eigenvalue weighted by atomic mass is 16.5. The van der Waals surface area contributed by atoms with Crippen LogP contribution in [-0.4, -0.2) is 60.0 Å². The molecule has 3 N–H and O–H groups in total. The predicted molar refractivity (Wildman–Crippen MR) is 169 cm³/mol. The molecule has 1 aliphatic heterocycles. The van der Waals surface area contributed by atoms with E-state index in [0.29, 0.717) is 61.7 Å². The molecule has 0 spiro atoms. The van der Waals surface area contributed by atoms with E-state index in [4.69, 9.17) is 29.8 Å². The molecule has 1 fully saturated rings. The van der Waals surface area contributed by atoms with Crippen molar-refractivity contribution in [2.45, 2.75) is 68.9 Å². The van der Waals surface area contributed by atoms with Gasteiger partial charge in [0, 0.05) is 36.0 Å². The van der Waals surface area contributed by atoms with Crippen molar-refractivity contribution in [3.05, 3.63) is 105 Å². The van der Waals surface area contributed by atoms with E-state index >= 15 is 0 Å². The molecule has 236 valence electrons. The average molecular weight is 614 g/mol. The van der Waals surface area contributed by atoms with E-state index in [1.165, 1.54) is 0 Å². The van der Waals surface area contributed by atoms with Gasteiger partial charge in [0.25, 0.3) is 5.91 Å². The molecule has 0 radical (unpaired) electrons. The number of amides is 1. The van der Waals surface area contributed by atoms with Gasteiger partial charge in [0.15, 0.2) is 11.6 Å². The molecule has 0 bridgehead atoms. The molecular formula is C34H39N5O6. The summed E-state index contributed by atoms with van der Waals surface area (Å²) in [6, 6.07) is 22.2. The lowest BCUT2D eigenvalue weighted by Crippen LogP contribution is -2.53. The zero-order valence-corrected chi connectivity index (χ0v) is 25.3. The first-order valence-corrected chi connectivity index (χ1v) is 15.3. The maximum absolute atomic E-state index is 14.6. The first-order valence-electron chi connectivity index (χ1n) is 15.3. The van der Waals surface area contributed by atoms with E-state index in [1.807, 2.05) is 72.8 Å². The number of carbonyl (C=O) groups excluding carboxylic acids is 1. The van der Waals surface area contributed by atoms with Crippen molar-refractivity contribution in [2.75, 3.05) is 20.3 Å². The minimum absolute atomic E-state index is 0.0476. The van der Waals surface area contributed by atoms with Gasteiger partial charge < -0.3 is 29.7 Å². The molecule has 3 aromatic rings. The topological polar surface area (TPSA) is 158 Å². The summed E-state index contributed by atoms with van der Waals surface area (Å²) in [5.41, 5.74) is 10.6. The summed E-state index contributed by atoms with van der Waals surface area (Å²) in [7, 11) is 1.59. The van der Waals surface area contributed by atoms with Crippen molar-refractivity contribution in [1.82, 2.24) is 5.32 Å². The standard InChI is InChI=1S/C34H39N5O6/c1-43-30-9-4-8-24(20-30)31-34(33(42)37-27-12-14-28(41)15-13-27,21-25-6-2-3-7-26(25)22-36-39-35)38-32(45-31)23-10-16-29(17-11-23)44-19-5-18-40/h2-4,6-11,16-17,20,27-28,31,40-41H,5,12-15,18-19,21-22H2,1H3,(H,37,42)/t27?,28?,31-,34-/m1/s1. The normalized spacial score (nSPS) is 22.5. The van der Waals surface area contributed by atoms with Crippen LogP contribution in [0.5, 0.6) is 11.5 Å². The quantitative estimate of drug-likeness (QED) is 0.104. The number of rotatable bonds is 13. The summed E-state index contributed by atoms with van der Waals surface area (Å²) in [4.78, 5) is 22.7. The monoisotopic (exact) mass is 613 g/mol. The summed E-state index contributed by atoms with van der Waals surface area (Å²) in [6.45, 7) is 0.567. The number of carbonyl (C=O) groups is 1. The van der Waals surface area contributed by atoms with Crippen LogP contribution in [0.2, 0.25) is 0 Å². The van der Waals surface area contributed by atoms with Gasteiger partial charge in [-0.2, -0.15) is 0 Å². The lowest BCUT2D eigenvalue weighted by molar-refractivity contribution is -0.130. The summed E-state index contributed by atoms with van der Waals surface area (Å²) in [6.07, 6.45) is 2.08. The second-order valence-corrected chi connectivity index (χ2v) is 11.4. The molecule has 1 heterocycles. The molecule has 45 heavy (non-hydrogen) atoms. The van der Waals surface area contributed by atoms with Gasteiger partial charge in [0.05, 0.1) is 26.4 Å². The Morgan fingerprint density at radius 3 is 2.53 bits per heavy atom. The first-order chi connectivity index (χ1) is 22.0. The number of nitrogens with one attached hydrogen (secondary N) is 1. The zero-order valence-electron chi connectivity index (χ0n) is 25.3. The van der Waals surface area contributed by atoms with E-state index in [-0.39, 0.29) is 37.6 Å². The van der Waals surface area contributed by atoms with Crippen molar-refractivity contribution in [1.29, 1.82) is 0 Å². The summed E-state index contributed by atoms with van der Waals surface area (Å²) in [5, 5.41) is 26.2. The Morgan fingerprint density at radius 1 is 1.07 bits per heavy atom. The summed E-state index contributed by atoms with van der Waals surface area (Å²) in [5.74, 6) is 1.29. The number of aliphatic hydroxyl groups excluding tert-OH is 2. The van der Waals surface area contributed by atoms with E-state index < -0.39 is 11.6 Å². The Hall–Kier alpha value is -4.57. The number of azide groups is 1. The van der Waals surface area contributed by atoms with Gasteiger partial charge in [0.2, 0.25) is 5.90 Å². The van der Waals surface area contributed by atoms with E-state index in [9.17, 15) is 9.90 Å². The molecule has 1 saturated carbocycles. The van der Waals surface area contributed by atoms with Crippen molar-refractivity contribution < 1.29 is 29.2 Å². The highest BCUT2D eigenvalue weighted by molar-refractivity contribution is 6.01. The highest BCUT2D eigenvalue weighted by Gasteiger charge is 2.54. The van der Waals surface area contributed by atoms with Crippen molar-refractivity contribution in [2.24, 2.45) is 10.1 Å². The number of aliphatic imine (C=N–C) groups is 1. The lowest BCUT2D eigenvalue weighted by Gasteiger charge is -2.34. The molecular weight excluding hydrogens is 574 g/mol. The number of methoxy groups -OCH3 is 1. The minimum Gasteiger partial charge on any atom is -0.497 e. The van der Waals surface area contributed by atoms with Gasteiger partial charge in [-0.25, -0.2) is 4.99 Å². The molecule has 2 atom stereocenters. The van der Waals surface area contributed by atoms with Crippen LogP contribution in [0.15, 0.2) is 82.9 Å². The Kier molecular flexibility index (Phi) is 10.6. The van der Waals surface area contributed by atoms with E-state index in [2.05, 4.69) is 15.3 Å². The number of ether oxygens (including phenoxy) is 3. The number of nitrogens with zero attached hydrogens (tertiary/aromatic N) is 4. The van der Waals surface area contributed by atoms with Crippen LogP contribution in [0.3, 0.4) is 0 Å². The SMILES string of the molecule is COc1cccc([C@H]2OC(c3ccc(OCCCO)cc3)=N[C@@]2(Cc2ccccc2CN=[N+]=[N-])C(=O)NC2CCC(O)CC2)c1. The average Bonchev–Trinajstić information content (AvgIpc) is 3.46. The third-order valence-corrected chi connectivity index (χ3v) is 8.34. The fraction of sp³-hybridized carbons (Fsp3) is 0.412. The van der Waals surface area contributed by atoms with Gasteiger partial charge in [-0.3, -0.25) is 4.79 Å². The molecule has 11 nitrogen and oxygen atoms in total. The Labute approximate surface area is 262 Å². The highest BCUT2D eigenvalue weighted by Crippen LogP contribution is 2.44. The minimum atomic E-state index is -1.43. The predicted octanol–water partition coefficient (Wildman–Crippen LogP) is 5.19. The smallest absolute Gasteiger partial charge is 0.252 e. The second-order valence-electron chi connectivity index (χ2n) is 11.4. The second kappa shape index (κ2) is 14.9. The fourth-order valence-corrected chi connectivity index (χ4v) is 5.90. The first kappa shape index (κ1) is 31.8. The van der Waals surface area contributed by atoms with Crippen LogP contribution in [0, 0.1) is 0 Å². The molecule has 0 unspecified atom stereocenters. The number of hydrogen-bond acceptors (Lipinski definition) is 8. The van der Waals surface area contributed by atoms with Gasteiger partial charge in [-0.15, -0.1) is 0 Å². The van der Waals surface area contributed by atoms with Crippen molar-refractivity contribution in [3.63, 3.8) is 0 Å². The van der Waals surface area contributed by atoms with Crippen LogP contribution < -0.4 is 14.8 Å². The van der Waals surface area contributed by atoms with Crippen molar-refractivity contribution >= 4 is 11.8 Å². The molecule has 3 aromatic carbocycles. The van der Waals surface area contributed by atoms with Crippen LogP contribution in [0.1, 0.15) is 60.5 Å². The molecule has 11 heteroatoms. The van der Waals surface area contributed by atoms with E-state index in [1.54, 1.807) is 7.11 Å². The molecule has 5 rings (SSSR count). The zero-order chi connectivity index (χ0) is 31.6. The fourth-order valence-electron chi connectivity index (χ4n) is 5.90. The Morgan fingerprint density at radius 2 is 1.82 bits per heavy atom. The molecule has 0 saturated heterocycles. The van der Waals surface area contributed by atoms with Crippen molar-refractivity contribution in [3.8, 4) is 11.5 Å². The van der Waals surface area contributed by atoms with Gasteiger partial charge >= 0.3 is 0 Å². The largest absolute Gasteiger partial charge is 0.497 e. The van der Waals surface area contributed by atoms with E-state index in [0.717, 1.165) is 16.7 Å². The third-order valence-electron chi connectivity index (χ3n) is 8.34. The van der Waals surface area contributed by atoms with Crippen LogP contribution in [0.25, 0.3) is 10.4 Å². The summed E-state index contributed by atoms with van der Waals surface area (Å²) >= 11 is 0. The van der Waals surface area contributed by atoms with Crippen LogP contribution in [0.4, 0.5) is 0 Å². The molecule has 1 aliphatic carbocycles. The molecule has 0 aromatic heterocycles. The number of hydrogen-bond donors (Lipinski definition) is 3. The lowest BCUT2D eigenvalue weighted by atomic mass is 9.80. The summed E-state index contributed by atoms with van der Waals surface area (Å²) < 4.78 is 17.9.